The molecular formula is C14H16N2O2. The van der Waals surface area contributed by atoms with E-state index in [0.717, 1.165) is 23.5 Å². The maximum absolute atomic E-state index is 10.7. The zero-order valence-corrected chi connectivity index (χ0v) is 10.5. The smallest absolute Gasteiger partial charge is 0.309 e. The Kier molecular flexibility index (Phi) is 3.46. The Morgan fingerprint density at radius 2 is 2.00 bits per heavy atom. The molecule has 0 aliphatic heterocycles. The summed E-state index contributed by atoms with van der Waals surface area (Å²) in [6, 6.07) is 8.12. The molecule has 2 aromatic rings. The zero-order chi connectivity index (χ0) is 13.1. The third kappa shape index (κ3) is 2.59. The van der Waals surface area contributed by atoms with Gasteiger partial charge in [0.2, 0.25) is 0 Å². The van der Waals surface area contributed by atoms with Crippen LogP contribution in [-0.4, -0.2) is 21.0 Å². The second-order valence-electron chi connectivity index (χ2n) is 4.28. The molecule has 0 amide bonds. The molecule has 0 fully saturated rings. The van der Waals surface area contributed by atoms with Crippen LogP contribution in [0, 0.1) is 6.92 Å². The van der Waals surface area contributed by atoms with E-state index in [1.54, 1.807) is 0 Å². The number of carbonyl (C=O) groups is 1. The van der Waals surface area contributed by atoms with Crippen LogP contribution in [0.1, 0.15) is 23.9 Å². The van der Waals surface area contributed by atoms with Gasteiger partial charge < -0.3 is 10.1 Å². The number of rotatable bonds is 4. The van der Waals surface area contributed by atoms with Crippen LogP contribution in [0.25, 0.3) is 11.4 Å². The quantitative estimate of drug-likeness (QED) is 0.868. The predicted octanol–water partition coefficient (Wildman–Crippen LogP) is 2.57. The van der Waals surface area contributed by atoms with Gasteiger partial charge in [0.25, 0.3) is 0 Å². The van der Waals surface area contributed by atoms with E-state index < -0.39 is 5.97 Å². The maximum Gasteiger partial charge on any atom is 0.309 e. The summed E-state index contributed by atoms with van der Waals surface area (Å²) in [5.41, 5.74) is 3.66. The molecule has 1 aromatic heterocycles. The van der Waals surface area contributed by atoms with Crippen LogP contribution in [0.3, 0.4) is 0 Å². The molecule has 1 heterocycles. The molecule has 2 rings (SSSR count). The predicted molar refractivity (Wildman–Crippen MR) is 69.5 cm³/mol. The molecule has 4 heteroatoms. The van der Waals surface area contributed by atoms with Gasteiger partial charge in [-0.25, -0.2) is 4.98 Å². The summed E-state index contributed by atoms with van der Waals surface area (Å²) in [5, 5.41) is 8.79. The summed E-state index contributed by atoms with van der Waals surface area (Å²) >= 11 is 0. The summed E-state index contributed by atoms with van der Waals surface area (Å²) < 4.78 is 0. The summed E-state index contributed by atoms with van der Waals surface area (Å²) in [7, 11) is 0. The minimum absolute atomic E-state index is 0.0463. The number of carboxylic acids is 1. The first-order chi connectivity index (χ1) is 8.60. The molecule has 18 heavy (non-hydrogen) atoms. The Labute approximate surface area is 106 Å². The number of hydrogen-bond donors (Lipinski definition) is 2. The highest BCUT2D eigenvalue weighted by Gasteiger charge is 2.11. The van der Waals surface area contributed by atoms with E-state index in [4.69, 9.17) is 5.11 Å². The molecule has 4 nitrogen and oxygen atoms in total. The Morgan fingerprint density at radius 3 is 2.56 bits per heavy atom. The highest BCUT2D eigenvalue weighted by molar-refractivity contribution is 5.70. The molecule has 0 radical (unpaired) electrons. The number of carboxylic acid groups (broad SMARTS) is 1. The largest absolute Gasteiger partial charge is 0.481 e. The van der Waals surface area contributed by atoms with Crippen molar-refractivity contribution < 1.29 is 9.90 Å². The van der Waals surface area contributed by atoms with Crippen molar-refractivity contribution in [3.05, 3.63) is 41.2 Å². The van der Waals surface area contributed by atoms with Crippen molar-refractivity contribution in [2.45, 2.75) is 26.7 Å². The van der Waals surface area contributed by atoms with Crippen LogP contribution < -0.4 is 0 Å². The number of benzene rings is 1. The lowest BCUT2D eigenvalue weighted by molar-refractivity contribution is -0.136. The molecule has 0 saturated heterocycles. The highest BCUT2D eigenvalue weighted by atomic mass is 16.4. The van der Waals surface area contributed by atoms with Gasteiger partial charge >= 0.3 is 5.97 Å². The number of imidazole rings is 1. The lowest BCUT2D eigenvalue weighted by atomic mass is 10.1. The van der Waals surface area contributed by atoms with Crippen molar-refractivity contribution in [3.8, 4) is 11.4 Å². The molecule has 2 N–H and O–H groups in total. The van der Waals surface area contributed by atoms with E-state index in [2.05, 4.69) is 29.0 Å². The fourth-order valence-corrected chi connectivity index (χ4v) is 1.85. The fourth-order valence-electron chi connectivity index (χ4n) is 1.85. The molecule has 0 aliphatic carbocycles. The number of aliphatic carboxylic acids is 1. The van der Waals surface area contributed by atoms with Crippen molar-refractivity contribution in [2.24, 2.45) is 0 Å². The van der Waals surface area contributed by atoms with E-state index in [-0.39, 0.29) is 6.42 Å². The van der Waals surface area contributed by atoms with Gasteiger partial charge in [-0.05, 0) is 18.9 Å². The average molecular weight is 244 g/mol. The Balaban J connectivity index is 2.30. The van der Waals surface area contributed by atoms with Crippen LogP contribution in [0.5, 0.6) is 0 Å². The summed E-state index contributed by atoms with van der Waals surface area (Å²) in [6.07, 6.45) is 0.955. The molecular weight excluding hydrogens is 228 g/mol. The molecule has 94 valence electrons. The Hall–Kier alpha value is -2.10. The van der Waals surface area contributed by atoms with Crippen molar-refractivity contribution in [1.82, 2.24) is 9.97 Å². The van der Waals surface area contributed by atoms with Gasteiger partial charge in [-0.2, -0.15) is 0 Å². The van der Waals surface area contributed by atoms with E-state index in [0.29, 0.717) is 5.69 Å². The number of nitrogens with one attached hydrogen (secondary N) is 1. The first-order valence-electron chi connectivity index (χ1n) is 5.96. The van der Waals surface area contributed by atoms with Crippen molar-refractivity contribution >= 4 is 5.97 Å². The summed E-state index contributed by atoms with van der Waals surface area (Å²) in [6.45, 7) is 3.95. The molecule has 0 unspecified atom stereocenters. The minimum Gasteiger partial charge on any atom is -0.481 e. The third-order valence-electron chi connectivity index (χ3n) is 2.94. The van der Waals surface area contributed by atoms with Gasteiger partial charge in [-0.15, -0.1) is 0 Å². The first-order valence-corrected chi connectivity index (χ1v) is 5.96. The fraction of sp³-hybridized carbons (Fsp3) is 0.286. The monoisotopic (exact) mass is 244 g/mol. The van der Waals surface area contributed by atoms with Crippen molar-refractivity contribution in [2.75, 3.05) is 0 Å². The number of nitrogens with zero attached hydrogens (tertiary/aromatic N) is 1. The van der Waals surface area contributed by atoms with E-state index in [1.807, 2.05) is 19.1 Å². The number of aromatic nitrogens is 2. The molecule has 1 aromatic carbocycles. The van der Waals surface area contributed by atoms with Crippen LogP contribution in [0.4, 0.5) is 0 Å². The lowest BCUT2D eigenvalue weighted by Gasteiger charge is -1.99. The number of H-pyrrole nitrogens is 1. The van der Waals surface area contributed by atoms with Gasteiger partial charge in [-0.3, -0.25) is 4.79 Å². The van der Waals surface area contributed by atoms with Gasteiger partial charge in [-0.1, -0.05) is 31.2 Å². The molecule has 0 saturated carbocycles. The Bertz CT molecular complexity index is 556. The molecule has 0 spiro atoms. The lowest BCUT2D eigenvalue weighted by Crippen LogP contribution is -2.01. The Morgan fingerprint density at radius 1 is 1.33 bits per heavy atom. The molecule has 0 bridgehead atoms. The SMILES string of the molecule is CCc1ccc(-c2nc(CC(=O)O)c(C)[nH]2)cc1. The normalized spacial score (nSPS) is 10.6. The van der Waals surface area contributed by atoms with Crippen molar-refractivity contribution in [1.29, 1.82) is 0 Å². The molecule has 0 aliphatic rings. The highest BCUT2D eigenvalue weighted by Crippen LogP contribution is 2.19. The minimum atomic E-state index is -0.863. The van der Waals surface area contributed by atoms with Crippen molar-refractivity contribution in [3.63, 3.8) is 0 Å². The van der Waals surface area contributed by atoms with Gasteiger partial charge in [0, 0.05) is 11.3 Å². The average Bonchev–Trinajstić information content (AvgIpc) is 2.70. The number of aryl methyl sites for hydroxylation is 2. The van der Waals surface area contributed by atoms with E-state index in [9.17, 15) is 4.79 Å². The van der Waals surface area contributed by atoms with Crippen LogP contribution >= 0.6 is 0 Å². The number of hydrogen-bond acceptors (Lipinski definition) is 2. The topological polar surface area (TPSA) is 66.0 Å². The van der Waals surface area contributed by atoms with Crippen LogP contribution in [0.2, 0.25) is 0 Å². The maximum atomic E-state index is 10.7. The van der Waals surface area contributed by atoms with Gasteiger partial charge in [0.05, 0.1) is 12.1 Å². The van der Waals surface area contributed by atoms with Crippen LogP contribution in [-0.2, 0) is 17.6 Å². The van der Waals surface area contributed by atoms with Crippen LogP contribution in [0.15, 0.2) is 24.3 Å². The summed E-state index contributed by atoms with van der Waals surface area (Å²) in [4.78, 5) is 18.2. The second-order valence-corrected chi connectivity index (χ2v) is 4.28. The standard InChI is InChI=1S/C14H16N2O2/c1-3-10-4-6-11(7-5-10)14-15-9(2)12(16-14)8-13(17)18/h4-7H,3,8H2,1-2H3,(H,15,16)(H,17,18). The number of aromatic amines is 1. The van der Waals surface area contributed by atoms with Gasteiger partial charge in [0.1, 0.15) is 5.82 Å². The van der Waals surface area contributed by atoms with E-state index in [1.165, 1.54) is 5.56 Å². The second kappa shape index (κ2) is 5.04. The summed E-state index contributed by atoms with van der Waals surface area (Å²) in [5.74, 6) is -0.135. The van der Waals surface area contributed by atoms with E-state index >= 15 is 0 Å². The third-order valence-corrected chi connectivity index (χ3v) is 2.94. The zero-order valence-electron chi connectivity index (χ0n) is 10.5. The molecule has 0 atom stereocenters. The first kappa shape index (κ1) is 12.4. The van der Waals surface area contributed by atoms with Gasteiger partial charge in [0.15, 0.2) is 0 Å².